The Labute approximate surface area is 183 Å². The van der Waals surface area contributed by atoms with Crippen molar-refractivity contribution in [2.24, 2.45) is 5.92 Å². The van der Waals surface area contributed by atoms with Crippen LogP contribution in [0.25, 0.3) is 0 Å². The van der Waals surface area contributed by atoms with Gasteiger partial charge < -0.3 is 14.4 Å². The van der Waals surface area contributed by atoms with E-state index < -0.39 is 25.4 Å². The van der Waals surface area contributed by atoms with Crippen molar-refractivity contribution in [3.63, 3.8) is 0 Å². The maximum Gasteiger partial charge on any atom is 0.310 e. The van der Waals surface area contributed by atoms with Gasteiger partial charge in [0.25, 0.3) is 7.52 Å². The average Bonchev–Trinajstić information content (AvgIpc) is 2.77. The minimum Gasteiger partial charge on any atom is -0.466 e. The number of ether oxygens (including phenoxy) is 2. The van der Waals surface area contributed by atoms with Gasteiger partial charge in [0.1, 0.15) is 11.5 Å². The number of allylic oxidation sites excluding steroid dienone is 1. The molecule has 0 aliphatic rings. The molecule has 2 aromatic carbocycles. The Balaban J connectivity index is 2.16. The summed E-state index contributed by atoms with van der Waals surface area (Å²) in [5.74, 6) is 0.0705. The Morgan fingerprint density at radius 3 is 2.42 bits per heavy atom. The van der Waals surface area contributed by atoms with E-state index in [1.807, 2.05) is 30.3 Å². The predicted molar refractivity (Wildman–Crippen MR) is 123 cm³/mol. The van der Waals surface area contributed by atoms with Crippen molar-refractivity contribution in [1.82, 2.24) is 5.09 Å². The molecule has 164 valence electrons. The van der Waals surface area contributed by atoms with Crippen LogP contribution in [0.2, 0.25) is 0 Å². The first kappa shape index (κ1) is 24.4. The first-order valence-electron chi connectivity index (χ1n) is 9.99. The Morgan fingerprint density at radius 2 is 1.84 bits per heavy atom. The summed E-state index contributed by atoms with van der Waals surface area (Å²) in [5.41, 5.74) is 2.66. The fourth-order valence-corrected chi connectivity index (χ4v) is 4.37. The van der Waals surface area contributed by atoms with Crippen LogP contribution in [0.5, 0.6) is 11.5 Å². The van der Waals surface area contributed by atoms with Crippen molar-refractivity contribution in [2.45, 2.75) is 25.8 Å². The zero-order valence-electron chi connectivity index (χ0n) is 17.6. The summed E-state index contributed by atoms with van der Waals surface area (Å²) < 4.78 is 23.9. The molecular weight excluding hydrogens is 413 g/mol. The molecule has 0 fully saturated rings. The number of hydrogen-bond acceptors (Lipinski definition) is 4. The minimum absolute atomic E-state index is 0.188. The highest BCUT2D eigenvalue weighted by Crippen LogP contribution is 2.37. The Bertz CT molecular complexity index is 952. The molecule has 2 N–H and O–H groups in total. The lowest BCUT2D eigenvalue weighted by Gasteiger charge is -2.26. The molecule has 0 aliphatic heterocycles. The van der Waals surface area contributed by atoms with Crippen molar-refractivity contribution in [1.29, 1.82) is 0 Å². The summed E-state index contributed by atoms with van der Waals surface area (Å²) in [6, 6.07) is 14.8. The number of para-hydroxylation sites is 1. The first-order valence-corrected chi connectivity index (χ1v) is 11.6. The number of hydrogen-bond donors (Lipinski definition) is 2. The number of carbonyl (C=O) groups is 1. The van der Waals surface area contributed by atoms with Crippen LogP contribution in [-0.2, 0) is 14.1 Å². The summed E-state index contributed by atoms with van der Waals surface area (Å²) in [6.07, 6.45) is 4.08. The molecule has 0 heterocycles. The average molecular weight is 441 g/mol. The van der Waals surface area contributed by atoms with E-state index in [4.69, 9.17) is 9.47 Å². The topological polar surface area (TPSA) is 84.9 Å². The summed E-state index contributed by atoms with van der Waals surface area (Å²) in [4.78, 5) is 23.1. The molecule has 31 heavy (non-hydrogen) atoms. The van der Waals surface area contributed by atoms with E-state index in [0.717, 1.165) is 0 Å². The van der Waals surface area contributed by atoms with E-state index >= 15 is 0 Å². The van der Waals surface area contributed by atoms with Gasteiger partial charge in [-0.15, -0.1) is 12.3 Å². The van der Waals surface area contributed by atoms with E-state index in [0.29, 0.717) is 24.3 Å². The second-order valence-corrected chi connectivity index (χ2v) is 8.65. The van der Waals surface area contributed by atoms with Crippen LogP contribution in [0.15, 0.2) is 85.6 Å². The SMILES string of the molecule is C=C=CCC[C@H](C(=O)OCC)[C@@H](C=C)NP(=O)(O)c1ccc(Oc2ccccc2)cc1. The van der Waals surface area contributed by atoms with Gasteiger partial charge in [-0.3, -0.25) is 9.36 Å². The second kappa shape index (κ2) is 12.1. The third kappa shape index (κ3) is 7.39. The lowest BCUT2D eigenvalue weighted by Crippen LogP contribution is -2.39. The molecule has 6 nitrogen and oxygen atoms in total. The van der Waals surface area contributed by atoms with Crippen LogP contribution in [0.4, 0.5) is 0 Å². The van der Waals surface area contributed by atoms with Gasteiger partial charge in [-0.2, -0.15) is 0 Å². The van der Waals surface area contributed by atoms with Crippen molar-refractivity contribution in [2.75, 3.05) is 6.61 Å². The smallest absolute Gasteiger partial charge is 0.310 e. The molecule has 0 saturated heterocycles. The molecule has 3 atom stereocenters. The van der Waals surface area contributed by atoms with Crippen LogP contribution in [0.1, 0.15) is 19.8 Å². The number of esters is 1. The molecule has 2 rings (SSSR count). The molecule has 0 spiro atoms. The Hall–Kier alpha value is -2.88. The molecular formula is C24H28NO5P. The highest BCUT2D eigenvalue weighted by Gasteiger charge is 2.33. The summed E-state index contributed by atoms with van der Waals surface area (Å²) in [7, 11) is -3.99. The first-order chi connectivity index (χ1) is 14.9. The summed E-state index contributed by atoms with van der Waals surface area (Å²) in [5, 5.41) is 2.88. The van der Waals surface area contributed by atoms with Crippen LogP contribution >= 0.6 is 7.52 Å². The fraction of sp³-hybridized carbons (Fsp3) is 0.250. The molecule has 0 saturated carbocycles. The molecule has 2 aromatic rings. The zero-order chi connectivity index (χ0) is 22.7. The quantitative estimate of drug-likeness (QED) is 0.214. The third-order valence-corrected chi connectivity index (χ3v) is 6.18. The highest BCUT2D eigenvalue weighted by atomic mass is 31.2. The maximum atomic E-state index is 13.0. The minimum atomic E-state index is -3.99. The molecule has 0 bridgehead atoms. The number of nitrogens with one attached hydrogen (secondary N) is 1. The van der Waals surface area contributed by atoms with Gasteiger partial charge in [0, 0.05) is 6.04 Å². The third-order valence-electron chi connectivity index (χ3n) is 4.53. The van der Waals surface area contributed by atoms with Crippen LogP contribution < -0.4 is 15.1 Å². The van der Waals surface area contributed by atoms with Gasteiger partial charge in [-0.05, 0) is 62.2 Å². The zero-order valence-corrected chi connectivity index (χ0v) is 18.5. The van der Waals surface area contributed by atoms with Crippen molar-refractivity contribution < 1.29 is 23.7 Å². The summed E-state index contributed by atoms with van der Waals surface area (Å²) in [6.45, 7) is 9.17. The van der Waals surface area contributed by atoms with E-state index in [-0.39, 0.29) is 11.9 Å². The molecule has 0 amide bonds. The molecule has 7 heteroatoms. The van der Waals surface area contributed by atoms with E-state index in [9.17, 15) is 14.3 Å². The van der Waals surface area contributed by atoms with Gasteiger partial charge in [0.15, 0.2) is 0 Å². The number of rotatable bonds is 12. The molecule has 0 aromatic heterocycles. The second-order valence-electron chi connectivity index (χ2n) is 6.72. The van der Waals surface area contributed by atoms with E-state index in [2.05, 4.69) is 24.0 Å². The molecule has 0 aliphatic carbocycles. The fourth-order valence-electron chi connectivity index (χ4n) is 2.98. The van der Waals surface area contributed by atoms with Crippen molar-refractivity contribution in [3.8, 4) is 11.5 Å². The standard InChI is InChI=1S/C24H28NO5P/c1-4-7-9-14-22(24(26)29-6-3)23(5-2)25-31(27,28)21-17-15-20(16-18-21)30-19-12-10-8-11-13-19/h5,7-8,10-13,15-18,22-23H,1-2,6,9,14H2,3H3,(H2,25,27,28)/t22-,23+/m0/s1. The van der Waals surface area contributed by atoms with E-state index in [1.54, 1.807) is 25.1 Å². The lowest BCUT2D eigenvalue weighted by atomic mass is 9.95. The van der Waals surface area contributed by atoms with Gasteiger partial charge in [-0.1, -0.05) is 30.9 Å². The van der Waals surface area contributed by atoms with Crippen molar-refractivity contribution >= 4 is 18.8 Å². The Kier molecular flexibility index (Phi) is 9.51. The van der Waals surface area contributed by atoms with Crippen LogP contribution in [0, 0.1) is 5.92 Å². The van der Waals surface area contributed by atoms with Gasteiger partial charge in [0.2, 0.25) is 0 Å². The normalized spacial score (nSPS) is 14.4. The van der Waals surface area contributed by atoms with Gasteiger partial charge in [0.05, 0.1) is 17.8 Å². The van der Waals surface area contributed by atoms with Gasteiger partial charge >= 0.3 is 5.97 Å². The molecule has 1 unspecified atom stereocenters. The Morgan fingerprint density at radius 1 is 1.19 bits per heavy atom. The highest BCUT2D eigenvalue weighted by molar-refractivity contribution is 7.64. The number of benzene rings is 2. The van der Waals surface area contributed by atoms with E-state index in [1.165, 1.54) is 18.2 Å². The molecule has 0 radical (unpaired) electrons. The summed E-state index contributed by atoms with van der Waals surface area (Å²) >= 11 is 0. The predicted octanol–water partition coefficient (Wildman–Crippen LogP) is 4.73. The monoisotopic (exact) mass is 441 g/mol. The van der Waals surface area contributed by atoms with Crippen LogP contribution in [-0.4, -0.2) is 23.5 Å². The lowest BCUT2D eigenvalue weighted by molar-refractivity contribution is -0.148. The number of carbonyl (C=O) groups excluding carboxylic acids is 1. The van der Waals surface area contributed by atoms with Crippen molar-refractivity contribution in [3.05, 3.63) is 85.6 Å². The maximum absolute atomic E-state index is 13.0. The van der Waals surface area contributed by atoms with Gasteiger partial charge in [-0.25, -0.2) is 5.09 Å². The van der Waals surface area contributed by atoms with Crippen LogP contribution in [0.3, 0.4) is 0 Å². The largest absolute Gasteiger partial charge is 0.466 e.